The fourth-order valence-electron chi connectivity index (χ4n) is 3.44. The summed E-state index contributed by atoms with van der Waals surface area (Å²) in [5, 5.41) is 2.66. The Morgan fingerprint density at radius 2 is 1.50 bits per heavy atom. The maximum absolute atomic E-state index is 2.41. The van der Waals surface area contributed by atoms with Gasteiger partial charge in [-0.2, -0.15) is 64.0 Å². The third kappa shape index (κ3) is 14.1. The van der Waals surface area contributed by atoms with Gasteiger partial charge in [-0.15, -0.1) is 29.7 Å². The van der Waals surface area contributed by atoms with Gasteiger partial charge in [-0.1, -0.05) is 33.8 Å². The number of aryl methyl sites for hydroxylation is 3. The van der Waals surface area contributed by atoms with Crippen molar-refractivity contribution in [3.05, 3.63) is 131 Å². The Morgan fingerprint density at radius 3 is 1.92 bits per heavy atom. The van der Waals surface area contributed by atoms with Crippen LogP contribution in [0.15, 0.2) is 103 Å². The van der Waals surface area contributed by atoms with E-state index in [9.17, 15) is 0 Å². The summed E-state index contributed by atoms with van der Waals surface area (Å²) >= 11 is 1.77. The summed E-state index contributed by atoms with van der Waals surface area (Å²) in [6.45, 7) is 11.1. The van der Waals surface area contributed by atoms with Crippen LogP contribution in [0, 0.1) is 27.7 Å². The summed E-state index contributed by atoms with van der Waals surface area (Å²) < 4.78 is 0. The monoisotopic (exact) mass is 652 g/mol. The summed E-state index contributed by atoms with van der Waals surface area (Å²) in [4.78, 5) is 0. The van der Waals surface area contributed by atoms with Crippen molar-refractivity contribution in [2.75, 3.05) is 0 Å². The van der Waals surface area contributed by atoms with Gasteiger partial charge in [-0.05, 0) is 0 Å². The van der Waals surface area contributed by atoms with Crippen molar-refractivity contribution in [2.45, 2.75) is 46.7 Å². The molecule has 0 spiro atoms. The number of fused-ring (bicyclic) bond motifs is 1. The Morgan fingerprint density at radius 1 is 0.833 bits per heavy atom. The quantitative estimate of drug-likeness (QED) is 0.208. The number of hydrogen-bond donors (Lipinski definition) is 0. The molecular formula is C31H36Cl2FeSiZr-2. The van der Waals surface area contributed by atoms with Crippen molar-refractivity contribution < 1.29 is 65.2 Å². The first kappa shape index (κ1) is 37.2. The first-order valence-electron chi connectivity index (χ1n) is 11.6. The van der Waals surface area contributed by atoms with Crippen molar-refractivity contribution in [3.8, 4) is 0 Å². The normalized spacial score (nSPS) is 8.97. The Labute approximate surface area is 257 Å². The molecule has 0 N–H and O–H groups in total. The average molecular weight is 655 g/mol. The first-order chi connectivity index (χ1) is 15.9. The predicted molar refractivity (Wildman–Crippen MR) is 145 cm³/mol. The standard InChI is InChI=1S/C9H7.C9H13.C8H11Si.C5H5.2ClH.Fe.Zr/c1-2-5-9-7-3-6-8(9)4-1;1-6-5-7(2)9(4)8(6)3;1-9-7-6-8-4-2-3-5-8;1-2-4-5-3-1;;;;/h1-7H;5H,1-4H3;2-5H,6-7H2,1H3;1-5H;2*1H;;/q4*-1;;;2*+2/p-2. The second-order valence-electron chi connectivity index (χ2n) is 8.45. The van der Waals surface area contributed by atoms with Crippen LogP contribution in [0.3, 0.4) is 0 Å². The molecule has 5 heteroatoms. The van der Waals surface area contributed by atoms with E-state index in [1.807, 2.05) is 30.3 Å². The fourth-order valence-corrected chi connectivity index (χ4v) is 5.02. The molecule has 0 amide bonds. The molecular weight excluding hydrogens is 618 g/mol. The zero-order valence-electron chi connectivity index (χ0n) is 21.8. The van der Waals surface area contributed by atoms with Gasteiger partial charge in [0.15, 0.2) is 0 Å². The second-order valence-corrected chi connectivity index (χ2v) is 16.8. The molecule has 192 valence electrons. The molecule has 0 atom stereocenters. The van der Waals surface area contributed by atoms with Gasteiger partial charge in [0, 0.05) is 0 Å². The molecule has 0 aromatic heterocycles. The Kier molecular flexibility index (Phi) is 21.8. The van der Waals surface area contributed by atoms with E-state index < -0.39 is 0 Å². The SMILES string of the molecule is C[Si](=[Zr+2])CCc1ccc[cH-]1.Cc1c[c-](C)c(C)c1C.[Cl-].[Cl-].[Fe+2].c1cc[cH-]c1.c1ccc2[cH-]ccc2c1. The van der Waals surface area contributed by atoms with Crippen LogP contribution in [0.2, 0.25) is 12.6 Å². The van der Waals surface area contributed by atoms with Crippen LogP contribution in [-0.4, -0.2) is 5.43 Å². The van der Waals surface area contributed by atoms with E-state index in [0.717, 1.165) is 0 Å². The Balaban J connectivity index is 0. The van der Waals surface area contributed by atoms with E-state index in [-0.39, 0.29) is 47.3 Å². The van der Waals surface area contributed by atoms with Gasteiger partial charge >= 0.3 is 94.7 Å². The zero-order valence-corrected chi connectivity index (χ0v) is 27.9. The summed E-state index contributed by atoms with van der Waals surface area (Å²) in [5.74, 6) is 0. The van der Waals surface area contributed by atoms with Crippen LogP contribution >= 0.6 is 0 Å². The molecule has 0 aliphatic carbocycles. The predicted octanol–water partition coefficient (Wildman–Crippen LogP) is 2.72. The van der Waals surface area contributed by atoms with Gasteiger partial charge in [-0.25, -0.2) is 12.1 Å². The maximum Gasteiger partial charge on any atom is 2.00 e. The van der Waals surface area contributed by atoms with Crippen molar-refractivity contribution in [1.29, 1.82) is 0 Å². The third-order valence-corrected chi connectivity index (χ3v) is 8.65. The van der Waals surface area contributed by atoms with E-state index in [2.05, 4.69) is 107 Å². The maximum atomic E-state index is 2.41. The molecule has 0 unspecified atom stereocenters. The van der Waals surface area contributed by atoms with Crippen LogP contribution in [-0.2, 0) is 46.8 Å². The largest absolute Gasteiger partial charge is 2.00 e. The minimum absolute atomic E-state index is 0. The molecule has 0 nitrogen and oxygen atoms in total. The van der Waals surface area contributed by atoms with Crippen molar-refractivity contribution in [1.82, 2.24) is 0 Å². The minimum atomic E-state index is 0. The number of rotatable bonds is 3. The van der Waals surface area contributed by atoms with E-state index in [1.54, 1.807) is 23.3 Å². The smallest absolute Gasteiger partial charge is 1.00 e. The van der Waals surface area contributed by atoms with Crippen LogP contribution in [0.4, 0.5) is 0 Å². The van der Waals surface area contributed by atoms with Gasteiger partial charge < -0.3 is 24.8 Å². The zero-order chi connectivity index (χ0) is 24.1. The van der Waals surface area contributed by atoms with Gasteiger partial charge in [-0.3, -0.25) is 0 Å². The number of benzene rings is 1. The number of halogens is 2. The van der Waals surface area contributed by atoms with Crippen LogP contribution in [0.25, 0.3) is 10.8 Å². The molecule has 0 saturated carbocycles. The molecule has 36 heavy (non-hydrogen) atoms. The molecule has 0 radical (unpaired) electrons. The second kappa shape index (κ2) is 21.1. The molecule has 0 aliphatic rings. The van der Waals surface area contributed by atoms with Gasteiger partial charge in [0.1, 0.15) is 0 Å². The molecule has 0 bridgehead atoms. The van der Waals surface area contributed by atoms with E-state index in [0.29, 0.717) is 0 Å². The summed E-state index contributed by atoms with van der Waals surface area (Å²) in [6, 6.07) is 37.1. The third-order valence-electron chi connectivity index (χ3n) is 5.80. The molecule has 5 aromatic rings. The molecule has 0 fully saturated rings. The van der Waals surface area contributed by atoms with Crippen molar-refractivity contribution in [2.24, 2.45) is 0 Å². The van der Waals surface area contributed by atoms with Gasteiger partial charge in [0.05, 0.1) is 0 Å². The summed E-state index contributed by atoms with van der Waals surface area (Å²) in [7, 11) is 0. The van der Waals surface area contributed by atoms with Crippen LogP contribution in [0.1, 0.15) is 27.8 Å². The van der Waals surface area contributed by atoms with Crippen molar-refractivity contribution >= 4 is 16.2 Å². The van der Waals surface area contributed by atoms with Crippen LogP contribution < -0.4 is 24.8 Å². The topological polar surface area (TPSA) is 0 Å². The molecule has 0 saturated heterocycles. The number of hydrogen-bond acceptors (Lipinski definition) is 0. The Hall–Kier alpha value is -0.921. The van der Waals surface area contributed by atoms with Gasteiger partial charge in [0.25, 0.3) is 0 Å². The summed E-state index contributed by atoms with van der Waals surface area (Å²) in [6.07, 6.45) is 1.31. The van der Waals surface area contributed by atoms with E-state index in [1.165, 1.54) is 51.1 Å². The molecule has 5 aromatic carbocycles. The molecule has 0 aliphatic heterocycles. The van der Waals surface area contributed by atoms with E-state index in [4.69, 9.17) is 0 Å². The van der Waals surface area contributed by atoms with E-state index >= 15 is 0 Å². The summed E-state index contributed by atoms with van der Waals surface area (Å²) in [5.41, 5.74) is 7.35. The Bertz CT molecular complexity index is 1120. The minimum Gasteiger partial charge on any atom is -1.00 e. The molecule has 5 rings (SSSR count). The van der Waals surface area contributed by atoms with Crippen LogP contribution in [0.5, 0.6) is 0 Å². The molecule has 0 heterocycles. The first-order valence-corrected chi connectivity index (χ1v) is 17.5. The average Bonchev–Trinajstić information content (AvgIpc) is 3.62. The van der Waals surface area contributed by atoms with Crippen molar-refractivity contribution in [3.63, 3.8) is 0 Å². The van der Waals surface area contributed by atoms with Gasteiger partial charge in [0.2, 0.25) is 0 Å². The fraction of sp³-hybridized carbons (Fsp3) is 0.226.